The van der Waals surface area contributed by atoms with Crippen molar-refractivity contribution in [1.29, 1.82) is 0 Å². The van der Waals surface area contributed by atoms with E-state index in [1.807, 2.05) is 0 Å². The number of nitrogens with zero attached hydrogens (tertiary/aromatic N) is 1. The van der Waals surface area contributed by atoms with Crippen molar-refractivity contribution in [2.75, 3.05) is 43.1 Å². The first kappa shape index (κ1) is 19.9. The zero-order valence-electron chi connectivity index (χ0n) is 13.1. The summed E-state index contributed by atoms with van der Waals surface area (Å²) in [7, 11) is 0. The Morgan fingerprint density at radius 2 is 1.92 bits per heavy atom. The smallest absolute Gasteiger partial charge is 0.378 e. The SMILES string of the molecule is O=C(CSCC(=O)N1CCOCC1)Nc1ccc(Cl)c(C(F)(F)F)c1. The number of morpholine rings is 1. The number of hydrogen-bond donors (Lipinski definition) is 1. The molecular formula is C15H16ClF3N2O3S. The van der Waals surface area contributed by atoms with Gasteiger partial charge in [-0.1, -0.05) is 11.6 Å². The highest BCUT2D eigenvalue weighted by Crippen LogP contribution is 2.36. The lowest BCUT2D eigenvalue weighted by molar-refractivity contribution is -0.137. The maximum Gasteiger partial charge on any atom is 0.417 e. The van der Waals surface area contributed by atoms with Crippen molar-refractivity contribution >= 4 is 40.9 Å². The van der Waals surface area contributed by atoms with Gasteiger partial charge in [0, 0.05) is 18.8 Å². The highest BCUT2D eigenvalue weighted by Gasteiger charge is 2.33. The van der Waals surface area contributed by atoms with Gasteiger partial charge in [0.05, 0.1) is 35.3 Å². The van der Waals surface area contributed by atoms with Crippen LogP contribution >= 0.6 is 23.4 Å². The van der Waals surface area contributed by atoms with E-state index in [-0.39, 0.29) is 23.1 Å². The Hall–Kier alpha value is -1.45. The second kappa shape index (κ2) is 8.77. The number of hydrogen-bond acceptors (Lipinski definition) is 4. The van der Waals surface area contributed by atoms with Crippen LogP contribution in [0.5, 0.6) is 0 Å². The molecule has 1 aromatic rings. The van der Waals surface area contributed by atoms with Crippen LogP contribution in [0.1, 0.15) is 5.56 Å². The van der Waals surface area contributed by atoms with E-state index in [4.69, 9.17) is 16.3 Å². The van der Waals surface area contributed by atoms with E-state index in [2.05, 4.69) is 5.32 Å². The zero-order valence-corrected chi connectivity index (χ0v) is 14.6. The standard InChI is InChI=1S/C15H16ClF3N2O3S/c16-12-2-1-10(7-11(12)15(17,18)19)20-13(22)8-25-9-14(23)21-3-5-24-6-4-21/h1-2,7H,3-6,8-9H2,(H,20,22). The van der Waals surface area contributed by atoms with Gasteiger partial charge in [0.1, 0.15) is 0 Å². The quantitative estimate of drug-likeness (QED) is 0.831. The van der Waals surface area contributed by atoms with Crippen molar-refractivity contribution in [3.05, 3.63) is 28.8 Å². The summed E-state index contributed by atoms with van der Waals surface area (Å²) >= 11 is 6.62. The fourth-order valence-corrected chi connectivity index (χ4v) is 3.09. The van der Waals surface area contributed by atoms with E-state index in [9.17, 15) is 22.8 Å². The largest absolute Gasteiger partial charge is 0.417 e. The average molecular weight is 397 g/mol. The van der Waals surface area contributed by atoms with Crippen LogP contribution in [0.3, 0.4) is 0 Å². The van der Waals surface area contributed by atoms with Gasteiger partial charge in [0.2, 0.25) is 11.8 Å². The monoisotopic (exact) mass is 396 g/mol. The van der Waals surface area contributed by atoms with E-state index < -0.39 is 22.7 Å². The number of benzene rings is 1. The molecule has 1 heterocycles. The van der Waals surface area contributed by atoms with Gasteiger partial charge in [0.25, 0.3) is 0 Å². The van der Waals surface area contributed by atoms with Gasteiger partial charge >= 0.3 is 6.18 Å². The fourth-order valence-electron chi connectivity index (χ4n) is 2.15. The fraction of sp³-hybridized carbons (Fsp3) is 0.467. The van der Waals surface area contributed by atoms with Crippen molar-refractivity contribution in [2.45, 2.75) is 6.18 Å². The summed E-state index contributed by atoms with van der Waals surface area (Å²) in [6.45, 7) is 2.04. The summed E-state index contributed by atoms with van der Waals surface area (Å²) in [5, 5.41) is 1.94. The molecule has 138 valence electrons. The average Bonchev–Trinajstić information content (AvgIpc) is 2.56. The first-order valence-electron chi connectivity index (χ1n) is 7.37. The Morgan fingerprint density at radius 3 is 2.56 bits per heavy atom. The Kier molecular flexibility index (Phi) is 6.97. The van der Waals surface area contributed by atoms with Crippen LogP contribution < -0.4 is 5.32 Å². The summed E-state index contributed by atoms with van der Waals surface area (Å²) in [4.78, 5) is 25.4. The molecule has 0 aromatic heterocycles. The zero-order chi connectivity index (χ0) is 18.4. The van der Waals surface area contributed by atoms with Crippen LogP contribution in [0, 0.1) is 0 Å². The lowest BCUT2D eigenvalue weighted by Gasteiger charge is -2.26. The van der Waals surface area contributed by atoms with Crippen molar-refractivity contribution in [3.63, 3.8) is 0 Å². The highest BCUT2D eigenvalue weighted by atomic mass is 35.5. The highest BCUT2D eigenvalue weighted by molar-refractivity contribution is 8.00. The Balaban J connectivity index is 1.81. The Bertz CT molecular complexity index is 637. The van der Waals surface area contributed by atoms with Crippen LogP contribution in [0.15, 0.2) is 18.2 Å². The summed E-state index contributed by atoms with van der Waals surface area (Å²) in [6, 6.07) is 3.15. The molecule has 0 spiro atoms. The van der Waals surface area contributed by atoms with E-state index in [1.54, 1.807) is 4.90 Å². The summed E-state index contributed by atoms with van der Waals surface area (Å²) in [5.74, 6) is -0.496. The maximum absolute atomic E-state index is 12.8. The number of nitrogens with one attached hydrogen (secondary N) is 1. The maximum atomic E-state index is 12.8. The molecule has 25 heavy (non-hydrogen) atoms. The number of anilines is 1. The molecule has 0 saturated carbocycles. The van der Waals surface area contributed by atoms with E-state index in [1.165, 1.54) is 6.07 Å². The molecule has 0 radical (unpaired) electrons. The third-order valence-corrected chi connectivity index (χ3v) is 4.62. The van der Waals surface area contributed by atoms with Crippen molar-refractivity contribution in [2.24, 2.45) is 0 Å². The topological polar surface area (TPSA) is 58.6 Å². The molecule has 0 bridgehead atoms. The minimum atomic E-state index is -4.60. The molecule has 2 amide bonds. The van der Waals surface area contributed by atoms with Crippen LogP contribution in [0.25, 0.3) is 0 Å². The van der Waals surface area contributed by atoms with Gasteiger partial charge in [-0.2, -0.15) is 13.2 Å². The predicted molar refractivity (Wildman–Crippen MR) is 89.8 cm³/mol. The molecule has 10 heteroatoms. The molecule has 1 saturated heterocycles. The molecule has 2 rings (SSSR count). The molecule has 0 atom stereocenters. The minimum absolute atomic E-state index is 0.00170. The lowest BCUT2D eigenvalue weighted by Crippen LogP contribution is -2.41. The normalized spacial score (nSPS) is 15.1. The van der Waals surface area contributed by atoms with Gasteiger partial charge in [-0.15, -0.1) is 11.8 Å². The van der Waals surface area contributed by atoms with Crippen molar-refractivity contribution < 1.29 is 27.5 Å². The number of ether oxygens (including phenoxy) is 1. The predicted octanol–water partition coefficient (Wildman–Crippen LogP) is 2.89. The van der Waals surface area contributed by atoms with Gasteiger partial charge in [-0.05, 0) is 18.2 Å². The number of alkyl halides is 3. The third-order valence-electron chi connectivity index (χ3n) is 3.38. The molecular weight excluding hydrogens is 381 g/mol. The number of carbonyl (C=O) groups is 2. The van der Waals surface area contributed by atoms with Gasteiger partial charge in [0.15, 0.2) is 0 Å². The molecule has 1 aliphatic heterocycles. The summed E-state index contributed by atoms with van der Waals surface area (Å²) < 4.78 is 43.5. The number of carbonyl (C=O) groups excluding carboxylic acids is 2. The molecule has 0 unspecified atom stereocenters. The number of amides is 2. The molecule has 0 aliphatic carbocycles. The summed E-state index contributed by atoms with van der Waals surface area (Å²) in [5.41, 5.74) is -1.01. The van der Waals surface area contributed by atoms with E-state index in [0.717, 1.165) is 23.9 Å². The van der Waals surface area contributed by atoms with Crippen molar-refractivity contribution in [1.82, 2.24) is 4.90 Å². The van der Waals surface area contributed by atoms with Gasteiger partial charge in [-0.3, -0.25) is 9.59 Å². The first-order chi connectivity index (χ1) is 11.8. The molecule has 1 fully saturated rings. The third kappa shape index (κ3) is 6.09. The Labute approximate surface area is 151 Å². The second-order valence-electron chi connectivity index (χ2n) is 5.23. The second-order valence-corrected chi connectivity index (χ2v) is 6.62. The number of halogens is 4. The molecule has 1 aliphatic rings. The lowest BCUT2D eigenvalue weighted by atomic mass is 10.2. The number of rotatable bonds is 5. The van der Waals surface area contributed by atoms with Gasteiger partial charge in [-0.25, -0.2) is 0 Å². The van der Waals surface area contributed by atoms with Crippen LogP contribution in [0.4, 0.5) is 18.9 Å². The van der Waals surface area contributed by atoms with Crippen LogP contribution in [-0.4, -0.2) is 54.5 Å². The molecule has 5 nitrogen and oxygen atoms in total. The summed E-state index contributed by atoms with van der Waals surface area (Å²) in [6.07, 6.45) is -4.60. The number of thioether (sulfide) groups is 1. The van der Waals surface area contributed by atoms with Crippen molar-refractivity contribution in [3.8, 4) is 0 Å². The van der Waals surface area contributed by atoms with Crippen LogP contribution in [0.2, 0.25) is 5.02 Å². The Morgan fingerprint density at radius 1 is 1.24 bits per heavy atom. The van der Waals surface area contributed by atoms with E-state index >= 15 is 0 Å². The molecule has 1 aromatic carbocycles. The molecule has 1 N–H and O–H groups in total. The first-order valence-corrected chi connectivity index (χ1v) is 8.90. The van der Waals surface area contributed by atoms with Gasteiger partial charge < -0.3 is 15.0 Å². The minimum Gasteiger partial charge on any atom is -0.378 e. The van der Waals surface area contributed by atoms with Crippen LogP contribution in [-0.2, 0) is 20.5 Å². The van der Waals surface area contributed by atoms with E-state index in [0.29, 0.717) is 26.3 Å².